The lowest BCUT2D eigenvalue weighted by molar-refractivity contribution is -0.153. The molecule has 2 rings (SSSR count). The third-order valence-electron chi connectivity index (χ3n) is 2.90. The number of aryl methyl sites for hydroxylation is 2. The summed E-state index contributed by atoms with van der Waals surface area (Å²) in [6.45, 7) is 0.365. The monoisotopic (exact) mass is 328 g/mol. The molecule has 9 heteroatoms. The number of carbonyl (C=O) groups is 1. The second-order valence-electron chi connectivity index (χ2n) is 4.88. The number of ether oxygens (including phenoxy) is 1. The molecule has 0 saturated heterocycles. The molecule has 2 aromatic rings. The van der Waals surface area contributed by atoms with Crippen molar-refractivity contribution in [1.29, 1.82) is 0 Å². The highest BCUT2D eigenvalue weighted by atomic mass is 19.4. The number of nitrogens with zero attached hydrogens (tertiary/aromatic N) is 3. The molecule has 0 fully saturated rings. The molecule has 23 heavy (non-hydrogen) atoms. The topological polar surface area (TPSA) is 69.0 Å². The van der Waals surface area contributed by atoms with Gasteiger partial charge in [-0.05, 0) is 24.6 Å². The second-order valence-corrected chi connectivity index (χ2v) is 4.88. The normalized spacial score (nSPS) is 11.3. The van der Waals surface area contributed by atoms with E-state index in [4.69, 9.17) is 0 Å². The van der Waals surface area contributed by atoms with Crippen molar-refractivity contribution < 1.29 is 22.7 Å². The van der Waals surface area contributed by atoms with Gasteiger partial charge in [-0.25, -0.2) is 0 Å². The van der Waals surface area contributed by atoms with Crippen molar-refractivity contribution in [2.24, 2.45) is 7.05 Å². The van der Waals surface area contributed by atoms with Gasteiger partial charge in [0.25, 0.3) is 0 Å². The first-order valence-corrected chi connectivity index (χ1v) is 6.69. The summed E-state index contributed by atoms with van der Waals surface area (Å²) in [7, 11) is 1.69. The van der Waals surface area contributed by atoms with E-state index in [1.807, 2.05) is 0 Å². The van der Waals surface area contributed by atoms with Crippen LogP contribution < -0.4 is 10.1 Å². The molecular weight excluding hydrogens is 313 g/mol. The van der Waals surface area contributed by atoms with Crippen LogP contribution in [0.15, 0.2) is 24.3 Å². The Morgan fingerprint density at radius 3 is 2.74 bits per heavy atom. The Labute approximate surface area is 130 Å². The van der Waals surface area contributed by atoms with Gasteiger partial charge in [0, 0.05) is 7.05 Å². The van der Waals surface area contributed by atoms with E-state index in [9.17, 15) is 18.0 Å². The van der Waals surface area contributed by atoms with Crippen molar-refractivity contribution in [2.75, 3.05) is 11.9 Å². The Kier molecular flexibility index (Phi) is 4.87. The van der Waals surface area contributed by atoms with Gasteiger partial charge in [0.1, 0.15) is 11.6 Å². The number of carbonyl (C=O) groups excluding carboxylic acids is 1. The van der Waals surface area contributed by atoms with E-state index in [0.29, 0.717) is 11.4 Å². The molecule has 0 spiro atoms. The zero-order valence-corrected chi connectivity index (χ0v) is 12.5. The average Bonchev–Trinajstić information content (AvgIpc) is 2.74. The van der Waals surface area contributed by atoms with E-state index in [0.717, 1.165) is 0 Å². The fourth-order valence-electron chi connectivity index (χ4n) is 1.78. The highest BCUT2D eigenvalue weighted by Gasteiger charge is 2.28. The highest BCUT2D eigenvalue weighted by molar-refractivity contribution is 5.90. The molecule has 1 aromatic heterocycles. The fourth-order valence-corrected chi connectivity index (χ4v) is 1.78. The highest BCUT2D eigenvalue weighted by Crippen LogP contribution is 2.19. The molecular formula is C14H15F3N4O2. The first-order chi connectivity index (χ1) is 10.7. The van der Waals surface area contributed by atoms with E-state index in [1.165, 1.54) is 22.9 Å². The first-order valence-electron chi connectivity index (χ1n) is 6.69. The number of benzene rings is 1. The molecule has 0 aliphatic rings. The zero-order valence-electron chi connectivity index (χ0n) is 12.5. The maximum absolute atomic E-state index is 12.1. The van der Waals surface area contributed by atoms with Gasteiger partial charge < -0.3 is 4.74 Å². The summed E-state index contributed by atoms with van der Waals surface area (Å²) >= 11 is 0. The predicted octanol–water partition coefficient (Wildman–Crippen LogP) is 2.25. The summed E-state index contributed by atoms with van der Waals surface area (Å²) in [6, 6.07) is 5.94. The van der Waals surface area contributed by atoms with E-state index in [2.05, 4.69) is 20.1 Å². The van der Waals surface area contributed by atoms with Gasteiger partial charge in [0.2, 0.25) is 11.9 Å². The van der Waals surface area contributed by atoms with Crippen LogP contribution in [0.1, 0.15) is 11.4 Å². The Morgan fingerprint density at radius 2 is 2.13 bits per heavy atom. The van der Waals surface area contributed by atoms with Crippen LogP contribution in [0.3, 0.4) is 0 Å². The van der Waals surface area contributed by atoms with Crippen LogP contribution in [0.2, 0.25) is 0 Å². The summed E-state index contributed by atoms with van der Waals surface area (Å²) in [5.74, 6) is 0.505. The maximum atomic E-state index is 12.1. The van der Waals surface area contributed by atoms with Gasteiger partial charge in [0.15, 0.2) is 6.61 Å². The lowest BCUT2D eigenvalue weighted by Gasteiger charge is -2.10. The van der Waals surface area contributed by atoms with Crippen LogP contribution in [0.25, 0.3) is 0 Å². The number of amides is 1. The van der Waals surface area contributed by atoms with E-state index in [1.54, 1.807) is 20.0 Å². The van der Waals surface area contributed by atoms with Crippen molar-refractivity contribution in [3.8, 4) is 5.75 Å². The van der Waals surface area contributed by atoms with Crippen LogP contribution >= 0.6 is 0 Å². The van der Waals surface area contributed by atoms with E-state index in [-0.39, 0.29) is 24.0 Å². The minimum atomic E-state index is -4.41. The third kappa shape index (κ3) is 5.28. The number of alkyl halides is 3. The van der Waals surface area contributed by atoms with Gasteiger partial charge in [-0.1, -0.05) is 12.1 Å². The molecule has 0 unspecified atom stereocenters. The maximum Gasteiger partial charge on any atom is 0.422 e. The largest absolute Gasteiger partial charge is 0.484 e. The molecule has 6 nitrogen and oxygen atoms in total. The lowest BCUT2D eigenvalue weighted by Crippen LogP contribution is -2.19. The molecule has 1 N–H and O–H groups in total. The third-order valence-corrected chi connectivity index (χ3v) is 2.90. The summed E-state index contributed by atoms with van der Waals surface area (Å²) in [5, 5.41) is 6.51. The minimum Gasteiger partial charge on any atom is -0.484 e. The molecule has 124 valence electrons. The van der Waals surface area contributed by atoms with E-state index >= 15 is 0 Å². The summed E-state index contributed by atoms with van der Waals surface area (Å²) in [4.78, 5) is 15.9. The summed E-state index contributed by atoms with van der Waals surface area (Å²) < 4.78 is 42.5. The smallest absolute Gasteiger partial charge is 0.422 e. The van der Waals surface area contributed by atoms with Crippen molar-refractivity contribution in [3.63, 3.8) is 0 Å². The molecule has 1 heterocycles. The second kappa shape index (κ2) is 6.67. The molecule has 0 aliphatic carbocycles. The Hall–Kier alpha value is -2.58. The standard InChI is InChI=1S/C14H15F3N4O2/c1-9-18-13(20-21(9)2)19-12(22)7-10-4-3-5-11(6-10)23-8-14(15,16)17/h3-6H,7-8H2,1-2H3,(H,19,20,22). The molecule has 0 saturated carbocycles. The molecule has 0 aliphatic heterocycles. The SMILES string of the molecule is Cc1nc(NC(=O)Cc2cccc(OCC(F)(F)F)c2)nn1C. The number of anilines is 1. The zero-order chi connectivity index (χ0) is 17.0. The molecule has 0 atom stereocenters. The molecule has 0 bridgehead atoms. The van der Waals surface area contributed by atoms with Gasteiger partial charge in [-0.15, -0.1) is 5.10 Å². The molecule has 0 radical (unpaired) electrons. The van der Waals surface area contributed by atoms with Gasteiger partial charge in [-0.2, -0.15) is 18.2 Å². The summed E-state index contributed by atoms with van der Waals surface area (Å²) in [5.41, 5.74) is 0.523. The predicted molar refractivity (Wildman–Crippen MR) is 76.1 cm³/mol. The van der Waals surface area contributed by atoms with Crippen LogP contribution in [0.4, 0.5) is 19.1 Å². The minimum absolute atomic E-state index is 0.0273. The van der Waals surface area contributed by atoms with Crippen LogP contribution in [0, 0.1) is 6.92 Å². The average molecular weight is 328 g/mol. The van der Waals surface area contributed by atoms with Crippen LogP contribution in [-0.2, 0) is 18.3 Å². The van der Waals surface area contributed by atoms with Crippen molar-refractivity contribution >= 4 is 11.9 Å². The Morgan fingerprint density at radius 1 is 1.39 bits per heavy atom. The fraction of sp³-hybridized carbons (Fsp3) is 0.357. The van der Waals surface area contributed by atoms with Crippen LogP contribution in [-0.4, -0.2) is 33.5 Å². The van der Waals surface area contributed by atoms with Crippen LogP contribution in [0.5, 0.6) is 5.75 Å². The number of nitrogens with one attached hydrogen (secondary N) is 1. The number of hydrogen-bond donors (Lipinski definition) is 1. The Balaban J connectivity index is 1.95. The number of aromatic nitrogens is 3. The lowest BCUT2D eigenvalue weighted by atomic mass is 10.1. The number of rotatable bonds is 5. The molecule has 1 aromatic carbocycles. The molecule has 1 amide bonds. The quantitative estimate of drug-likeness (QED) is 0.914. The first kappa shape index (κ1) is 16.8. The van der Waals surface area contributed by atoms with E-state index < -0.39 is 12.8 Å². The van der Waals surface area contributed by atoms with Gasteiger partial charge in [0.05, 0.1) is 6.42 Å². The van der Waals surface area contributed by atoms with Crippen molar-refractivity contribution in [2.45, 2.75) is 19.5 Å². The summed E-state index contributed by atoms with van der Waals surface area (Å²) in [6.07, 6.45) is -4.43. The van der Waals surface area contributed by atoms with Gasteiger partial charge >= 0.3 is 6.18 Å². The van der Waals surface area contributed by atoms with Gasteiger partial charge in [-0.3, -0.25) is 14.8 Å². The number of halogens is 3. The van der Waals surface area contributed by atoms with Crippen molar-refractivity contribution in [3.05, 3.63) is 35.7 Å². The van der Waals surface area contributed by atoms with Crippen molar-refractivity contribution in [1.82, 2.24) is 14.8 Å². The number of hydrogen-bond acceptors (Lipinski definition) is 4. The Bertz CT molecular complexity index is 678.